The van der Waals surface area contributed by atoms with E-state index in [0.29, 0.717) is 40.8 Å². The lowest BCUT2D eigenvalue weighted by molar-refractivity contribution is -0.00177. The summed E-state index contributed by atoms with van der Waals surface area (Å²) in [7, 11) is 0. The summed E-state index contributed by atoms with van der Waals surface area (Å²) in [5.41, 5.74) is 1.04. The second-order valence-electron chi connectivity index (χ2n) is 8.25. The molecule has 9 nitrogen and oxygen atoms in total. The zero-order valence-corrected chi connectivity index (χ0v) is 18.4. The molecule has 4 heterocycles. The summed E-state index contributed by atoms with van der Waals surface area (Å²) >= 11 is 5.98. The van der Waals surface area contributed by atoms with Crippen LogP contribution in [-0.2, 0) is 4.74 Å². The molecular formula is C21H24ClFN6O3. The fourth-order valence-corrected chi connectivity index (χ4v) is 3.47. The number of rotatable bonds is 7. The highest BCUT2D eigenvalue weighted by Gasteiger charge is 2.28. The first kappa shape index (κ1) is 22.4. The SMILES string of the molecule is CC(C)(O)[C@H](F)CNC(=O)c1cnc(-c2cnn3cc(Cl)cnc23)cc1NC1CCOC1. The number of fused-ring (bicyclic) bond motifs is 1. The van der Waals surface area contributed by atoms with Gasteiger partial charge in [0.15, 0.2) is 5.65 Å². The fourth-order valence-electron chi connectivity index (χ4n) is 3.33. The number of nitrogens with one attached hydrogen (secondary N) is 2. The van der Waals surface area contributed by atoms with E-state index in [0.717, 1.165) is 6.42 Å². The first-order valence-electron chi connectivity index (χ1n) is 10.2. The minimum Gasteiger partial charge on any atom is -0.387 e. The molecule has 1 aliphatic heterocycles. The summed E-state index contributed by atoms with van der Waals surface area (Å²) in [6.07, 6.45) is 5.39. The van der Waals surface area contributed by atoms with Crippen molar-refractivity contribution in [3.63, 3.8) is 0 Å². The first-order valence-corrected chi connectivity index (χ1v) is 10.6. The molecule has 1 aliphatic rings. The lowest BCUT2D eigenvalue weighted by Crippen LogP contribution is -2.42. The Hall–Kier alpha value is -2.82. The summed E-state index contributed by atoms with van der Waals surface area (Å²) < 4.78 is 21.1. The zero-order valence-electron chi connectivity index (χ0n) is 17.7. The second-order valence-corrected chi connectivity index (χ2v) is 8.69. The minimum atomic E-state index is -1.62. The number of hydrogen-bond donors (Lipinski definition) is 3. The third-order valence-electron chi connectivity index (χ3n) is 5.25. The van der Waals surface area contributed by atoms with Crippen LogP contribution in [0.2, 0.25) is 5.02 Å². The van der Waals surface area contributed by atoms with Crippen molar-refractivity contribution < 1.29 is 19.0 Å². The van der Waals surface area contributed by atoms with E-state index in [4.69, 9.17) is 16.3 Å². The maximum Gasteiger partial charge on any atom is 0.255 e. The van der Waals surface area contributed by atoms with Gasteiger partial charge in [0.1, 0.15) is 6.17 Å². The summed E-state index contributed by atoms with van der Waals surface area (Å²) in [6, 6.07) is 1.77. The Kier molecular flexibility index (Phi) is 6.27. The molecule has 1 fully saturated rings. The summed E-state index contributed by atoms with van der Waals surface area (Å²) in [4.78, 5) is 21.6. The van der Waals surface area contributed by atoms with Gasteiger partial charge in [-0.2, -0.15) is 5.10 Å². The number of halogens is 2. The normalized spacial score (nSPS) is 17.5. The Morgan fingerprint density at radius 2 is 2.22 bits per heavy atom. The number of ether oxygens (including phenoxy) is 1. The van der Waals surface area contributed by atoms with Crippen molar-refractivity contribution in [2.75, 3.05) is 25.1 Å². The molecule has 2 atom stereocenters. The van der Waals surface area contributed by atoms with Crippen molar-refractivity contribution in [2.45, 2.75) is 38.1 Å². The average molecular weight is 463 g/mol. The van der Waals surface area contributed by atoms with Crippen molar-refractivity contribution in [2.24, 2.45) is 0 Å². The highest BCUT2D eigenvalue weighted by atomic mass is 35.5. The van der Waals surface area contributed by atoms with E-state index in [1.54, 1.807) is 23.0 Å². The smallest absolute Gasteiger partial charge is 0.255 e. The molecule has 170 valence electrons. The van der Waals surface area contributed by atoms with E-state index in [9.17, 15) is 14.3 Å². The van der Waals surface area contributed by atoms with Crippen molar-refractivity contribution >= 4 is 28.8 Å². The molecule has 4 rings (SSSR count). The Bertz CT molecular complexity index is 1130. The maximum atomic E-state index is 14.1. The van der Waals surface area contributed by atoms with Crippen LogP contribution in [0.15, 0.2) is 30.9 Å². The van der Waals surface area contributed by atoms with Crippen LogP contribution in [0.25, 0.3) is 16.9 Å². The van der Waals surface area contributed by atoms with Gasteiger partial charge in [-0.15, -0.1) is 0 Å². The molecule has 32 heavy (non-hydrogen) atoms. The number of aliphatic hydroxyl groups is 1. The Morgan fingerprint density at radius 1 is 1.41 bits per heavy atom. The van der Waals surface area contributed by atoms with Crippen LogP contribution in [0.5, 0.6) is 0 Å². The third-order valence-corrected chi connectivity index (χ3v) is 5.44. The predicted molar refractivity (Wildman–Crippen MR) is 118 cm³/mol. The van der Waals surface area contributed by atoms with Gasteiger partial charge in [0, 0.05) is 19.0 Å². The van der Waals surface area contributed by atoms with Crippen LogP contribution in [-0.4, -0.2) is 68.2 Å². The standard InChI is InChI=1S/C21H24ClFN6O3/c1-21(2,31)18(23)9-26-20(30)15-7-24-16(5-17(15)28-13-3-4-32-11-13)14-8-27-29-10-12(22)6-25-19(14)29/h5-8,10,13,18,31H,3-4,9,11H2,1-2H3,(H,24,28)(H,26,30)/t13?,18-/m1/s1. The number of amides is 1. The lowest BCUT2D eigenvalue weighted by Gasteiger charge is -2.23. The molecule has 0 saturated carbocycles. The van der Waals surface area contributed by atoms with Crippen LogP contribution in [0.1, 0.15) is 30.6 Å². The summed E-state index contributed by atoms with van der Waals surface area (Å²) in [5.74, 6) is -0.498. The Balaban J connectivity index is 1.64. The van der Waals surface area contributed by atoms with Gasteiger partial charge in [0.2, 0.25) is 0 Å². The molecule has 1 amide bonds. The van der Waals surface area contributed by atoms with E-state index in [1.807, 2.05) is 0 Å². The predicted octanol–water partition coefficient (Wildman–Crippen LogP) is 2.48. The quantitative estimate of drug-likeness (QED) is 0.494. The highest BCUT2D eigenvalue weighted by Crippen LogP contribution is 2.28. The van der Waals surface area contributed by atoms with Crippen molar-refractivity contribution in [3.05, 3.63) is 41.4 Å². The monoisotopic (exact) mass is 462 g/mol. The highest BCUT2D eigenvalue weighted by molar-refractivity contribution is 6.30. The Morgan fingerprint density at radius 3 is 2.94 bits per heavy atom. The van der Waals surface area contributed by atoms with Gasteiger partial charge in [-0.1, -0.05) is 11.6 Å². The van der Waals surface area contributed by atoms with E-state index < -0.39 is 17.7 Å². The molecule has 0 aliphatic carbocycles. The lowest BCUT2D eigenvalue weighted by atomic mass is 10.0. The topological polar surface area (TPSA) is 114 Å². The Labute approximate surface area is 189 Å². The van der Waals surface area contributed by atoms with Gasteiger partial charge < -0.3 is 20.5 Å². The number of alkyl halides is 1. The van der Waals surface area contributed by atoms with E-state index in [2.05, 4.69) is 25.7 Å². The van der Waals surface area contributed by atoms with Crippen molar-refractivity contribution in [3.8, 4) is 11.3 Å². The van der Waals surface area contributed by atoms with Gasteiger partial charge in [-0.05, 0) is 26.3 Å². The molecule has 1 unspecified atom stereocenters. The van der Waals surface area contributed by atoms with Gasteiger partial charge in [-0.25, -0.2) is 13.9 Å². The largest absolute Gasteiger partial charge is 0.387 e. The molecule has 0 spiro atoms. The van der Waals surface area contributed by atoms with Gasteiger partial charge in [-0.3, -0.25) is 9.78 Å². The molecular weight excluding hydrogens is 439 g/mol. The van der Waals surface area contributed by atoms with E-state index >= 15 is 0 Å². The summed E-state index contributed by atoms with van der Waals surface area (Å²) in [6.45, 7) is 3.52. The second kappa shape index (κ2) is 8.97. The molecule has 0 radical (unpaired) electrons. The number of nitrogens with zero attached hydrogens (tertiary/aromatic N) is 4. The number of carbonyl (C=O) groups is 1. The molecule has 3 aromatic rings. The first-order chi connectivity index (χ1) is 15.2. The molecule has 3 N–H and O–H groups in total. The van der Waals surface area contributed by atoms with Crippen LogP contribution in [0.3, 0.4) is 0 Å². The third kappa shape index (κ3) is 4.82. The number of anilines is 1. The molecule has 11 heteroatoms. The van der Waals surface area contributed by atoms with Gasteiger partial charge in [0.25, 0.3) is 5.91 Å². The molecule has 3 aromatic heterocycles. The van der Waals surface area contributed by atoms with Crippen molar-refractivity contribution in [1.82, 2.24) is 24.9 Å². The molecule has 0 bridgehead atoms. The number of hydrogen-bond acceptors (Lipinski definition) is 7. The van der Waals surface area contributed by atoms with Gasteiger partial charge >= 0.3 is 0 Å². The van der Waals surface area contributed by atoms with Gasteiger partial charge in [0.05, 0.1) is 64.7 Å². The number of carbonyl (C=O) groups excluding carboxylic acids is 1. The number of pyridine rings is 1. The molecule has 1 saturated heterocycles. The maximum absolute atomic E-state index is 14.1. The van der Waals surface area contributed by atoms with Crippen LogP contribution in [0, 0.1) is 0 Å². The number of aromatic nitrogens is 4. The average Bonchev–Trinajstić information content (AvgIpc) is 3.40. The van der Waals surface area contributed by atoms with Crippen molar-refractivity contribution in [1.29, 1.82) is 0 Å². The van der Waals surface area contributed by atoms with Crippen LogP contribution < -0.4 is 10.6 Å². The van der Waals surface area contributed by atoms with E-state index in [-0.39, 0.29) is 18.2 Å². The minimum absolute atomic E-state index is 0.0305. The fraction of sp³-hybridized carbons (Fsp3) is 0.429. The zero-order chi connectivity index (χ0) is 22.9. The summed E-state index contributed by atoms with van der Waals surface area (Å²) in [5, 5.41) is 20.3. The molecule has 0 aromatic carbocycles. The van der Waals surface area contributed by atoms with Crippen LogP contribution in [0.4, 0.5) is 10.1 Å². The van der Waals surface area contributed by atoms with Crippen LogP contribution >= 0.6 is 11.6 Å². The van der Waals surface area contributed by atoms with E-state index in [1.165, 1.54) is 26.2 Å².